The van der Waals surface area contributed by atoms with E-state index < -0.39 is 0 Å². The van der Waals surface area contributed by atoms with Gasteiger partial charge in [0, 0.05) is 5.92 Å². The van der Waals surface area contributed by atoms with E-state index in [9.17, 15) is 4.79 Å². The quantitative estimate of drug-likeness (QED) is 0.713. The van der Waals surface area contributed by atoms with Gasteiger partial charge in [-0.1, -0.05) is 44.2 Å². The van der Waals surface area contributed by atoms with E-state index in [0.29, 0.717) is 0 Å². The maximum atomic E-state index is 11.9. The van der Waals surface area contributed by atoms with Crippen molar-refractivity contribution in [2.24, 2.45) is 10.8 Å². The fourth-order valence-corrected chi connectivity index (χ4v) is 2.97. The van der Waals surface area contributed by atoms with Crippen LogP contribution in [0, 0.1) is 10.8 Å². The Morgan fingerprint density at radius 2 is 1.75 bits per heavy atom. The topological polar surface area (TPSA) is 26.3 Å². The highest BCUT2D eigenvalue weighted by atomic mass is 16.5. The predicted octanol–water partition coefficient (Wildman–Crippen LogP) is 2.99. The molecular formula is C14H18O2. The summed E-state index contributed by atoms with van der Waals surface area (Å²) in [5.74, 6) is 0.153. The number of hydrogen-bond acceptors (Lipinski definition) is 2. The summed E-state index contributed by atoms with van der Waals surface area (Å²) < 4.78 is 4.93. The molecule has 0 amide bonds. The molecule has 2 heteroatoms. The molecule has 1 saturated carbocycles. The lowest BCUT2D eigenvalue weighted by Gasteiger charge is -2.10. The summed E-state index contributed by atoms with van der Waals surface area (Å²) >= 11 is 0. The molecule has 0 unspecified atom stereocenters. The molecule has 1 aromatic carbocycles. The molecule has 1 fully saturated rings. The number of ether oxygens (including phenoxy) is 1. The van der Waals surface area contributed by atoms with Crippen LogP contribution in [0.2, 0.25) is 0 Å². The van der Waals surface area contributed by atoms with E-state index >= 15 is 0 Å². The summed E-state index contributed by atoms with van der Waals surface area (Å²) in [5.41, 5.74) is 0.810. The Labute approximate surface area is 96.6 Å². The second kappa shape index (κ2) is 3.34. The van der Waals surface area contributed by atoms with Crippen molar-refractivity contribution in [2.75, 3.05) is 7.11 Å². The lowest BCUT2D eigenvalue weighted by atomic mass is 9.98. The number of methoxy groups -OCH3 is 1. The van der Waals surface area contributed by atoms with Gasteiger partial charge in [0.05, 0.1) is 12.5 Å². The number of benzene rings is 1. The van der Waals surface area contributed by atoms with E-state index in [-0.39, 0.29) is 22.7 Å². The van der Waals surface area contributed by atoms with Crippen LogP contribution in [0.1, 0.15) is 32.3 Å². The molecule has 2 rings (SSSR count). The Morgan fingerprint density at radius 1 is 1.19 bits per heavy atom. The minimum atomic E-state index is -0.386. The SMILES string of the molecule is COC(=O)[C@]1(C)[C@@H](c2ccccc2)C1(C)C. The monoisotopic (exact) mass is 218 g/mol. The van der Waals surface area contributed by atoms with Crippen LogP contribution in [0.4, 0.5) is 0 Å². The van der Waals surface area contributed by atoms with Crippen LogP contribution in [-0.2, 0) is 9.53 Å². The van der Waals surface area contributed by atoms with Crippen molar-refractivity contribution in [3.05, 3.63) is 35.9 Å². The minimum Gasteiger partial charge on any atom is -0.469 e. The van der Waals surface area contributed by atoms with Gasteiger partial charge in [-0.15, -0.1) is 0 Å². The smallest absolute Gasteiger partial charge is 0.312 e. The third-order valence-corrected chi connectivity index (χ3v) is 4.30. The Hall–Kier alpha value is -1.31. The van der Waals surface area contributed by atoms with Crippen molar-refractivity contribution in [2.45, 2.75) is 26.7 Å². The van der Waals surface area contributed by atoms with Crippen molar-refractivity contribution >= 4 is 5.97 Å². The van der Waals surface area contributed by atoms with Crippen LogP contribution in [0.15, 0.2) is 30.3 Å². The first-order valence-corrected chi connectivity index (χ1v) is 5.59. The zero-order valence-electron chi connectivity index (χ0n) is 10.3. The summed E-state index contributed by atoms with van der Waals surface area (Å²) in [6.07, 6.45) is 0. The molecule has 1 aromatic rings. The highest BCUT2D eigenvalue weighted by molar-refractivity contribution is 5.84. The maximum absolute atomic E-state index is 11.9. The Balaban J connectivity index is 2.36. The first-order valence-electron chi connectivity index (χ1n) is 5.59. The van der Waals surface area contributed by atoms with Crippen molar-refractivity contribution < 1.29 is 9.53 Å². The predicted molar refractivity (Wildman–Crippen MR) is 63.1 cm³/mol. The molecule has 0 N–H and O–H groups in total. The second-order valence-electron chi connectivity index (χ2n) is 5.26. The van der Waals surface area contributed by atoms with Gasteiger partial charge in [-0.3, -0.25) is 4.79 Å². The summed E-state index contributed by atoms with van der Waals surface area (Å²) in [6, 6.07) is 10.2. The summed E-state index contributed by atoms with van der Waals surface area (Å²) in [6.45, 7) is 6.25. The van der Waals surface area contributed by atoms with Gasteiger partial charge in [0.1, 0.15) is 0 Å². The third-order valence-electron chi connectivity index (χ3n) is 4.30. The van der Waals surface area contributed by atoms with Crippen LogP contribution in [0.25, 0.3) is 0 Å². The van der Waals surface area contributed by atoms with Crippen LogP contribution in [-0.4, -0.2) is 13.1 Å². The van der Waals surface area contributed by atoms with Gasteiger partial charge in [-0.25, -0.2) is 0 Å². The van der Waals surface area contributed by atoms with Gasteiger partial charge in [0.15, 0.2) is 0 Å². The minimum absolute atomic E-state index is 0.0263. The normalized spacial score (nSPS) is 30.9. The molecule has 16 heavy (non-hydrogen) atoms. The number of carbonyl (C=O) groups excluding carboxylic acids is 1. The molecule has 0 radical (unpaired) electrons. The molecule has 0 heterocycles. The van der Waals surface area contributed by atoms with Crippen LogP contribution < -0.4 is 0 Å². The summed E-state index contributed by atoms with van der Waals surface area (Å²) in [5, 5.41) is 0. The molecule has 0 saturated heterocycles. The summed E-state index contributed by atoms with van der Waals surface area (Å²) in [7, 11) is 1.46. The van der Waals surface area contributed by atoms with Crippen LogP contribution in [0.5, 0.6) is 0 Å². The van der Waals surface area contributed by atoms with E-state index in [1.807, 2.05) is 25.1 Å². The molecular weight excluding hydrogens is 200 g/mol. The Morgan fingerprint density at radius 3 is 2.25 bits per heavy atom. The van der Waals surface area contributed by atoms with Crippen molar-refractivity contribution in [1.29, 1.82) is 0 Å². The average molecular weight is 218 g/mol. The largest absolute Gasteiger partial charge is 0.469 e. The zero-order chi connectivity index (χ0) is 12.0. The fourth-order valence-electron chi connectivity index (χ4n) is 2.97. The van der Waals surface area contributed by atoms with Gasteiger partial charge in [0.25, 0.3) is 0 Å². The van der Waals surface area contributed by atoms with E-state index in [1.165, 1.54) is 12.7 Å². The molecule has 0 spiro atoms. The van der Waals surface area contributed by atoms with Crippen LogP contribution in [0.3, 0.4) is 0 Å². The second-order valence-corrected chi connectivity index (χ2v) is 5.26. The zero-order valence-corrected chi connectivity index (χ0v) is 10.3. The van der Waals surface area contributed by atoms with Gasteiger partial charge in [-0.05, 0) is 17.9 Å². The van der Waals surface area contributed by atoms with Crippen molar-refractivity contribution in [3.63, 3.8) is 0 Å². The number of carbonyl (C=O) groups is 1. The highest BCUT2D eigenvalue weighted by Gasteiger charge is 2.73. The standard InChI is InChI=1S/C14H18O2/c1-13(2)11(10-8-6-5-7-9-10)14(13,3)12(15)16-4/h5-9,11H,1-4H3/t11-,14-/m0/s1. The first kappa shape index (κ1) is 11.2. The molecule has 1 aliphatic carbocycles. The van der Waals surface area contributed by atoms with E-state index in [0.717, 1.165) is 0 Å². The lowest BCUT2D eigenvalue weighted by molar-refractivity contribution is -0.147. The van der Waals surface area contributed by atoms with Gasteiger partial charge in [-0.2, -0.15) is 0 Å². The summed E-state index contributed by atoms with van der Waals surface area (Å²) in [4.78, 5) is 11.9. The van der Waals surface area contributed by atoms with Crippen molar-refractivity contribution in [3.8, 4) is 0 Å². The molecule has 86 valence electrons. The average Bonchev–Trinajstić information content (AvgIpc) is 2.74. The van der Waals surface area contributed by atoms with Crippen LogP contribution >= 0.6 is 0 Å². The van der Waals surface area contributed by atoms with Crippen molar-refractivity contribution in [1.82, 2.24) is 0 Å². The van der Waals surface area contributed by atoms with E-state index in [2.05, 4.69) is 26.0 Å². The lowest BCUT2D eigenvalue weighted by Crippen LogP contribution is -2.19. The Kier molecular flexibility index (Phi) is 2.33. The third kappa shape index (κ3) is 1.22. The van der Waals surface area contributed by atoms with E-state index in [4.69, 9.17) is 4.74 Å². The Bertz CT molecular complexity index is 408. The molecule has 2 atom stereocenters. The molecule has 1 aliphatic rings. The fraction of sp³-hybridized carbons (Fsp3) is 0.500. The number of rotatable bonds is 2. The van der Waals surface area contributed by atoms with Gasteiger partial charge >= 0.3 is 5.97 Å². The van der Waals surface area contributed by atoms with Gasteiger partial charge in [0.2, 0.25) is 0 Å². The molecule has 0 aliphatic heterocycles. The molecule has 0 aromatic heterocycles. The highest BCUT2D eigenvalue weighted by Crippen LogP contribution is 2.74. The number of hydrogen-bond donors (Lipinski definition) is 0. The van der Waals surface area contributed by atoms with E-state index in [1.54, 1.807) is 0 Å². The number of esters is 1. The molecule has 2 nitrogen and oxygen atoms in total. The first-order chi connectivity index (χ1) is 7.46. The van der Waals surface area contributed by atoms with Gasteiger partial charge < -0.3 is 4.74 Å². The molecule has 0 bridgehead atoms. The maximum Gasteiger partial charge on any atom is 0.312 e.